The van der Waals surface area contributed by atoms with E-state index in [1.807, 2.05) is 24.3 Å². The molecule has 0 atom stereocenters. The number of nitrogens with one attached hydrogen (secondary N) is 1. The van der Waals surface area contributed by atoms with Crippen molar-refractivity contribution in [3.8, 4) is 5.75 Å². The van der Waals surface area contributed by atoms with E-state index in [1.54, 1.807) is 7.11 Å². The largest absolute Gasteiger partial charge is 0.491 e. The molecular weight excluding hydrogens is 330 g/mol. The van der Waals surface area contributed by atoms with Crippen LogP contribution in [-0.2, 0) is 9.53 Å². The molecule has 1 heterocycles. The summed E-state index contributed by atoms with van der Waals surface area (Å²) in [4.78, 5) is 16.3. The minimum absolute atomic E-state index is 0.0579. The van der Waals surface area contributed by atoms with E-state index in [1.165, 1.54) is 0 Å². The second kappa shape index (κ2) is 10.5. The van der Waals surface area contributed by atoms with Crippen LogP contribution in [0.2, 0.25) is 5.02 Å². The van der Waals surface area contributed by atoms with Crippen molar-refractivity contribution in [1.82, 2.24) is 15.1 Å². The smallest absolute Gasteiger partial charge is 0.234 e. The lowest BCUT2D eigenvalue weighted by Gasteiger charge is -2.34. The van der Waals surface area contributed by atoms with Crippen molar-refractivity contribution >= 4 is 17.5 Å². The second-order valence-electron chi connectivity index (χ2n) is 5.74. The topological polar surface area (TPSA) is 54.0 Å². The normalized spacial score (nSPS) is 16.1. The van der Waals surface area contributed by atoms with E-state index in [0.717, 1.165) is 38.5 Å². The molecule has 1 aliphatic heterocycles. The lowest BCUT2D eigenvalue weighted by atomic mass is 10.3. The molecule has 1 aromatic rings. The van der Waals surface area contributed by atoms with Gasteiger partial charge in [-0.05, 0) is 12.1 Å². The fraction of sp³-hybridized carbons (Fsp3) is 0.588. The lowest BCUT2D eigenvalue weighted by Crippen LogP contribution is -2.50. The Hall–Kier alpha value is -1.34. The van der Waals surface area contributed by atoms with Gasteiger partial charge in [-0.25, -0.2) is 0 Å². The number of carbonyl (C=O) groups excluding carboxylic acids is 1. The van der Waals surface area contributed by atoms with Gasteiger partial charge in [-0.2, -0.15) is 0 Å². The third-order valence-electron chi connectivity index (χ3n) is 3.96. The average molecular weight is 356 g/mol. The highest BCUT2D eigenvalue weighted by atomic mass is 35.5. The molecule has 1 amide bonds. The SMILES string of the molecule is COCCNC(=O)CN1CCN(CCOc2ccccc2Cl)CC1. The Kier molecular flexibility index (Phi) is 8.32. The Balaban J connectivity index is 1.59. The number of piperazine rings is 1. The number of carbonyl (C=O) groups is 1. The Bertz CT molecular complexity index is 508. The molecule has 0 bridgehead atoms. The highest BCUT2D eigenvalue weighted by Crippen LogP contribution is 2.22. The molecule has 7 heteroatoms. The quantitative estimate of drug-likeness (QED) is 0.672. The van der Waals surface area contributed by atoms with Gasteiger partial charge in [0.15, 0.2) is 0 Å². The van der Waals surface area contributed by atoms with Crippen LogP contribution in [0.1, 0.15) is 0 Å². The number of methoxy groups -OCH3 is 1. The lowest BCUT2D eigenvalue weighted by molar-refractivity contribution is -0.122. The van der Waals surface area contributed by atoms with Crippen LogP contribution in [0.25, 0.3) is 0 Å². The fourth-order valence-corrected chi connectivity index (χ4v) is 2.76. The predicted octanol–water partition coefficient (Wildman–Crippen LogP) is 1.10. The molecular formula is C17H26ClN3O3. The van der Waals surface area contributed by atoms with E-state index >= 15 is 0 Å². The van der Waals surface area contributed by atoms with Gasteiger partial charge in [-0.15, -0.1) is 0 Å². The first-order chi connectivity index (χ1) is 11.7. The van der Waals surface area contributed by atoms with Crippen molar-refractivity contribution in [2.75, 3.05) is 66.1 Å². The Morgan fingerprint density at radius 3 is 2.58 bits per heavy atom. The van der Waals surface area contributed by atoms with Gasteiger partial charge in [-0.3, -0.25) is 14.6 Å². The van der Waals surface area contributed by atoms with Crippen LogP contribution in [0.5, 0.6) is 5.75 Å². The van der Waals surface area contributed by atoms with Gasteiger partial charge < -0.3 is 14.8 Å². The van der Waals surface area contributed by atoms with Crippen molar-refractivity contribution < 1.29 is 14.3 Å². The molecule has 2 rings (SSSR count). The van der Waals surface area contributed by atoms with Crippen molar-refractivity contribution in [2.24, 2.45) is 0 Å². The molecule has 1 aromatic carbocycles. The monoisotopic (exact) mass is 355 g/mol. The number of halogens is 1. The summed E-state index contributed by atoms with van der Waals surface area (Å²) in [6.07, 6.45) is 0. The Morgan fingerprint density at radius 2 is 1.88 bits per heavy atom. The van der Waals surface area contributed by atoms with Crippen LogP contribution in [-0.4, -0.2) is 81.8 Å². The molecule has 0 saturated carbocycles. The summed E-state index contributed by atoms with van der Waals surface area (Å²) >= 11 is 6.07. The number of amides is 1. The maximum absolute atomic E-state index is 11.8. The van der Waals surface area contributed by atoms with Crippen LogP contribution < -0.4 is 10.1 Å². The predicted molar refractivity (Wildman–Crippen MR) is 94.7 cm³/mol. The summed E-state index contributed by atoms with van der Waals surface area (Å²) < 4.78 is 10.6. The molecule has 0 aromatic heterocycles. The summed E-state index contributed by atoms with van der Waals surface area (Å²) in [5.41, 5.74) is 0. The average Bonchev–Trinajstić information content (AvgIpc) is 2.58. The summed E-state index contributed by atoms with van der Waals surface area (Å²) in [5.74, 6) is 0.785. The number of hydrogen-bond donors (Lipinski definition) is 1. The minimum Gasteiger partial charge on any atom is -0.491 e. The van der Waals surface area contributed by atoms with Gasteiger partial charge in [-0.1, -0.05) is 23.7 Å². The number of rotatable bonds is 9. The third kappa shape index (κ3) is 6.65. The van der Waals surface area contributed by atoms with Crippen molar-refractivity contribution in [3.05, 3.63) is 29.3 Å². The van der Waals surface area contributed by atoms with Crippen LogP contribution in [0.4, 0.5) is 0 Å². The molecule has 0 spiro atoms. The summed E-state index contributed by atoms with van der Waals surface area (Å²) in [6.45, 7) is 6.70. The molecule has 24 heavy (non-hydrogen) atoms. The van der Waals surface area contributed by atoms with Crippen LogP contribution in [0.3, 0.4) is 0 Å². The maximum Gasteiger partial charge on any atom is 0.234 e. The number of nitrogens with zero attached hydrogens (tertiary/aromatic N) is 2. The first-order valence-electron chi connectivity index (χ1n) is 8.26. The molecule has 6 nitrogen and oxygen atoms in total. The van der Waals surface area contributed by atoms with Gasteiger partial charge >= 0.3 is 0 Å². The number of ether oxygens (including phenoxy) is 2. The van der Waals surface area contributed by atoms with Gasteiger partial charge in [0, 0.05) is 46.4 Å². The number of para-hydroxylation sites is 1. The standard InChI is InChI=1S/C17H26ClN3O3/c1-23-12-6-19-17(22)14-21-9-7-20(8-10-21)11-13-24-16-5-3-2-4-15(16)18/h2-5H,6-14H2,1H3,(H,19,22). The van der Waals surface area contributed by atoms with Gasteiger partial charge in [0.05, 0.1) is 18.2 Å². The Morgan fingerprint density at radius 1 is 1.17 bits per heavy atom. The molecule has 1 aliphatic rings. The van der Waals surface area contributed by atoms with Gasteiger partial charge in [0.1, 0.15) is 12.4 Å². The molecule has 1 saturated heterocycles. The van der Waals surface area contributed by atoms with E-state index in [2.05, 4.69) is 15.1 Å². The Labute approximate surface area is 148 Å². The zero-order valence-electron chi connectivity index (χ0n) is 14.2. The van der Waals surface area contributed by atoms with Gasteiger partial charge in [0.25, 0.3) is 0 Å². The van der Waals surface area contributed by atoms with E-state index in [9.17, 15) is 4.79 Å². The van der Waals surface area contributed by atoms with E-state index in [-0.39, 0.29) is 5.91 Å². The zero-order chi connectivity index (χ0) is 17.2. The van der Waals surface area contributed by atoms with Crippen LogP contribution in [0.15, 0.2) is 24.3 Å². The van der Waals surface area contributed by atoms with Crippen LogP contribution in [0, 0.1) is 0 Å². The van der Waals surface area contributed by atoms with Crippen LogP contribution >= 0.6 is 11.6 Å². The summed E-state index contributed by atoms with van der Waals surface area (Å²) in [7, 11) is 1.63. The molecule has 0 radical (unpaired) electrons. The van der Waals surface area contributed by atoms with E-state index in [4.69, 9.17) is 21.1 Å². The van der Waals surface area contributed by atoms with E-state index in [0.29, 0.717) is 31.3 Å². The second-order valence-corrected chi connectivity index (χ2v) is 6.15. The first kappa shape index (κ1) is 19.0. The van der Waals surface area contributed by atoms with Crippen molar-refractivity contribution in [3.63, 3.8) is 0 Å². The molecule has 0 aliphatic carbocycles. The third-order valence-corrected chi connectivity index (χ3v) is 4.27. The molecule has 134 valence electrons. The molecule has 1 fully saturated rings. The van der Waals surface area contributed by atoms with Crippen molar-refractivity contribution in [2.45, 2.75) is 0 Å². The van der Waals surface area contributed by atoms with Crippen molar-refractivity contribution in [1.29, 1.82) is 0 Å². The zero-order valence-corrected chi connectivity index (χ0v) is 14.9. The highest BCUT2D eigenvalue weighted by Gasteiger charge is 2.18. The minimum atomic E-state index is 0.0579. The van der Waals surface area contributed by atoms with Gasteiger partial charge in [0.2, 0.25) is 5.91 Å². The first-order valence-corrected chi connectivity index (χ1v) is 8.64. The maximum atomic E-state index is 11.8. The fourth-order valence-electron chi connectivity index (χ4n) is 2.57. The van der Waals surface area contributed by atoms with E-state index < -0.39 is 0 Å². The molecule has 1 N–H and O–H groups in total. The molecule has 0 unspecified atom stereocenters. The number of hydrogen-bond acceptors (Lipinski definition) is 5. The summed E-state index contributed by atoms with van der Waals surface area (Å²) in [6, 6.07) is 7.51. The number of benzene rings is 1. The highest BCUT2D eigenvalue weighted by molar-refractivity contribution is 6.32. The summed E-state index contributed by atoms with van der Waals surface area (Å²) in [5, 5.41) is 3.49.